The second-order valence-electron chi connectivity index (χ2n) is 9.80. The number of benzene rings is 2. The number of para-hydroxylation sites is 1. The van der Waals surface area contributed by atoms with Crippen molar-refractivity contribution >= 4 is 34.5 Å². The van der Waals surface area contributed by atoms with Crippen molar-refractivity contribution in [1.82, 2.24) is 4.57 Å². The summed E-state index contributed by atoms with van der Waals surface area (Å²) in [4.78, 5) is 48.0. The van der Waals surface area contributed by atoms with Crippen molar-refractivity contribution in [2.45, 2.75) is 58.9 Å². The van der Waals surface area contributed by atoms with E-state index in [9.17, 15) is 14.4 Å². The number of allylic oxidation sites excluding steroid dienone is 1. The smallest absolute Gasteiger partial charge is 0.338 e. The lowest BCUT2D eigenvalue weighted by molar-refractivity contribution is -0.139. The highest BCUT2D eigenvalue weighted by Crippen LogP contribution is 2.36. The lowest BCUT2D eigenvalue weighted by atomic mass is 9.96. The average molecular weight is 544 g/mol. The number of carbonyl (C=O) groups is 2. The quantitative estimate of drug-likeness (QED) is 0.294. The Labute approximate surface area is 231 Å². The van der Waals surface area contributed by atoms with Crippen LogP contribution >= 0.6 is 11.3 Å². The molecule has 0 saturated heterocycles. The Morgan fingerprint density at radius 1 is 0.974 bits per heavy atom. The van der Waals surface area contributed by atoms with Gasteiger partial charge in [-0.15, -0.1) is 0 Å². The van der Waals surface area contributed by atoms with Gasteiger partial charge in [-0.2, -0.15) is 0 Å². The molecule has 0 radical (unpaired) electrons. The highest BCUT2D eigenvalue weighted by Gasteiger charge is 2.37. The number of hydrogen-bond acceptors (Lipinski definition) is 6. The van der Waals surface area contributed by atoms with E-state index in [4.69, 9.17) is 4.74 Å². The highest BCUT2D eigenvalue weighted by atomic mass is 32.1. The van der Waals surface area contributed by atoms with Crippen LogP contribution in [-0.4, -0.2) is 29.6 Å². The minimum absolute atomic E-state index is 0.158. The van der Waals surface area contributed by atoms with Gasteiger partial charge in [0.1, 0.15) is 4.53 Å². The van der Waals surface area contributed by atoms with Crippen molar-refractivity contribution in [2.75, 3.05) is 18.1 Å². The summed E-state index contributed by atoms with van der Waals surface area (Å²) in [5, 5.41) is 0. The van der Waals surface area contributed by atoms with Gasteiger partial charge < -0.3 is 9.64 Å². The summed E-state index contributed by atoms with van der Waals surface area (Å²) < 4.78 is 7.26. The number of nitrogens with zero attached hydrogens (tertiary/aromatic N) is 3. The van der Waals surface area contributed by atoms with E-state index in [1.165, 1.54) is 17.8 Å². The number of hydrogen-bond donors (Lipinski definition) is 0. The van der Waals surface area contributed by atoms with Crippen molar-refractivity contribution in [3.8, 4) is 0 Å². The number of thiazole rings is 1. The molecule has 202 valence electrons. The third-order valence-corrected chi connectivity index (χ3v) is 8.30. The predicted molar refractivity (Wildman–Crippen MR) is 153 cm³/mol. The number of fused-ring (bicyclic) bond motifs is 2. The first-order chi connectivity index (χ1) is 19.0. The molecule has 1 amide bonds. The van der Waals surface area contributed by atoms with E-state index in [1.807, 2.05) is 54.6 Å². The second-order valence-corrected chi connectivity index (χ2v) is 10.8. The molecule has 0 unspecified atom stereocenters. The number of aromatic nitrogens is 1. The van der Waals surface area contributed by atoms with Crippen LogP contribution in [0.15, 0.2) is 75.7 Å². The van der Waals surface area contributed by atoms with Gasteiger partial charge >= 0.3 is 5.97 Å². The van der Waals surface area contributed by atoms with Crippen molar-refractivity contribution in [2.24, 2.45) is 4.99 Å². The number of esters is 1. The molecule has 7 nitrogen and oxygen atoms in total. The first kappa shape index (κ1) is 26.8. The molecule has 8 heteroatoms. The molecule has 1 atom stereocenters. The van der Waals surface area contributed by atoms with Crippen LogP contribution in [0.1, 0.15) is 70.0 Å². The lowest BCUT2D eigenvalue weighted by Crippen LogP contribution is -2.41. The predicted octanol–water partition coefficient (Wildman–Crippen LogP) is 4.49. The molecule has 1 aromatic heterocycles. The van der Waals surface area contributed by atoms with Crippen LogP contribution < -0.4 is 19.8 Å². The zero-order chi connectivity index (χ0) is 27.5. The number of anilines is 1. The molecule has 0 spiro atoms. The Morgan fingerprint density at radius 2 is 1.69 bits per heavy atom. The van der Waals surface area contributed by atoms with Crippen molar-refractivity contribution in [3.05, 3.63) is 96.7 Å². The molecule has 2 aliphatic heterocycles. The highest BCUT2D eigenvalue weighted by molar-refractivity contribution is 7.07. The molecular formula is C31H33N3O4S. The fraction of sp³-hybridized carbons (Fsp3) is 0.355. The summed E-state index contributed by atoms with van der Waals surface area (Å²) in [6.07, 6.45) is 5.46. The van der Waals surface area contributed by atoms with Crippen LogP contribution in [0.4, 0.5) is 5.69 Å². The van der Waals surface area contributed by atoms with Gasteiger partial charge in [0.15, 0.2) is 4.80 Å². The maximum absolute atomic E-state index is 14.2. The van der Waals surface area contributed by atoms with Crippen LogP contribution in [0, 0.1) is 0 Å². The zero-order valence-electron chi connectivity index (χ0n) is 22.6. The van der Waals surface area contributed by atoms with Crippen molar-refractivity contribution in [1.29, 1.82) is 0 Å². The maximum Gasteiger partial charge on any atom is 0.338 e. The summed E-state index contributed by atoms with van der Waals surface area (Å²) >= 11 is 1.21. The Morgan fingerprint density at radius 3 is 2.44 bits per heavy atom. The molecule has 0 bridgehead atoms. The van der Waals surface area contributed by atoms with Crippen LogP contribution in [0.5, 0.6) is 0 Å². The van der Waals surface area contributed by atoms with Crippen LogP contribution in [0.25, 0.3) is 5.57 Å². The topological polar surface area (TPSA) is 81.0 Å². The van der Waals surface area contributed by atoms with E-state index >= 15 is 0 Å². The Bertz CT molecular complexity index is 1620. The summed E-state index contributed by atoms with van der Waals surface area (Å²) in [6.45, 7) is 6.52. The molecule has 0 N–H and O–H groups in total. The van der Waals surface area contributed by atoms with E-state index in [0.717, 1.165) is 42.5 Å². The second kappa shape index (κ2) is 11.5. The molecule has 0 fully saturated rings. The standard InChI is InChI=1S/C31H33N3O4S/c1-4-6-7-8-14-19-33-23-18-13-12-17-22(23)25(28(33)35)27-29(36)34-26(21-15-10-9-11-16-21)24(30(37)38-5-2)20(3)32-31(34)39-27/h9-13,15-18,26H,4-8,14,19H2,1-3H3/b27-25-/t26-/m1/s1. The van der Waals surface area contributed by atoms with Gasteiger partial charge in [0.2, 0.25) is 0 Å². The molecule has 39 heavy (non-hydrogen) atoms. The normalized spacial score (nSPS) is 17.7. The average Bonchev–Trinajstić information content (AvgIpc) is 3.40. The van der Waals surface area contributed by atoms with Crippen LogP contribution in [-0.2, 0) is 14.3 Å². The molecule has 3 aromatic rings. The van der Waals surface area contributed by atoms with Gasteiger partial charge in [0, 0.05) is 12.1 Å². The van der Waals surface area contributed by atoms with E-state index < -0.39 is 12.0 Å². The molecule has 0 aliphatic carbocycles. The van der Waals surface area contributed by atoms with E-state index in [2.05, 4.69) is 11.9 Å². The number of rotatable bonds is 9. The first-order valence-electron chi connectivity index (χ1n) is 13.7. The maximum atomic E-state index is 14.2. The number of unbranched alkanes of at least 4 members (excludes halogenated alkanes) is 4. The lowest BCUT2D eigenvalue weighted by Gasteiger charge is -2.24. The van der Waals surface area contributed by atoms with Gasteiger partial charge in [-0.1, -0.05) is 92.5 Å². The Balaban J connectivity index is 1.66. The summed E-state index contributed by atoms with van der Waals surface area (Å²) in [7, 11) is 0. The zero-order valence-corrected chi connectivity index (χ0v) is 23.4. The minimum Gasteiger partial charge on any atom is -0.463 e. The Hall–Kier alpha value is -3.78. The SMILES string of the molecule is CCCCCCCN1C(=O)/C(=c2\sc3n(c2=O)[C@H](c2ccccc2)C(C(=O)OCC)=C(C)N=3)c2ccccc21. The summed E-state index contributed by atoms with van der Waals surface area (Å²) in [6, 6.07) is 16.4. The largest absolute Gasteiger partial charge is 0.463 e. The van der Waals surface area contributed by atoms with Gasteiger partial charge in [-0.25, -0.2) is 9.79 Å². The van der Waals surface area contributed by atoms with Crippen LogP contribution in [0.2, 0.25) is 0 Å². The minimum atomic E-state index is -0.697. The van der Waals surface area contributed by atoms with E-state index in [-0.39, 0.29) is 18.1 Å². The van der Waals surface area contributed by atoms with Gasteiger partial charge in [-0.05, 0) is 31.9 Å². The number of ether oxygens (including phenoxy) is 1. The molecule has 0 saturated carbocycles. The number of carbonyl (C=O) groups excluding carboxylic acids is 2. The van der Waals surface area contributed by atoms with Crippen molar-refractivity contribution in [3.63, 3.8) is 0 Å². The van der Waals surface area contributed by atoms with Gasteiger partial charge in [0.05, 0.1) is 35.2 Å². The van der Waals surface area contributed by atoms with Crippen molar-refractivity contribution < 1.29 is 14.3 Å². The van der Waals surface area contributed by atoms with E-state index in [0.29, 0.717) is 32.7 Å². The monoisotopic (exact) mass is 543 g/mol. The van der Waals surface area contributed by atoms with Gasteiger partial charge in [-0.3, -0.25) is 14.2 Å². The van der Waals surface area contributed by atoms with E-state index in [1.54, 1.807) is 23.3 Å². The molecule has 3 heterocycles. The fourth-order valence-electron chi connectivity index (χ4n) is 5.39. The molecular weight excluding hydrogens is 510 g/mol. The third kappa shape index (κ3) is 4.89. The molecule has 5 rings (SSSR count). The molecule has 2 aliphatic rings. The third-order valence-electron chi connectivity index (χ3n) is 7.24. The summed E-state index contributed by atoms with van der Waals surface area (Å²) in [5.74, 6) is -0.656. The first-order valence-corrected chi connectivity index (χ1v) is 14.5. The number of amides is 1. The molecule has 2 aromatic carbocycles. The Kier molecular flexibility index (Phi) is 7.93. The summed E-state index contributed by atoms with van der Waals surface area (Å²) in [5.41, 5.74) is 3.30. The fourth-order valence-corrected chi connectivity index (χ4v) is 6.52. The van der Waals surface area contributed by atoms with Crippen LogP contribution in [0.3, 0.4) is 0 Å². The van der Waals surface area contributed by atoms with Gasteiger partial charge in [0.25, 0.3) is 11.5 Å².